The summed E-state index contributed by atoms with van der Waals surface area (Å²) in [6.07, 6.45) is 2.05. The molecule has 7 aromatic rings. The average Bonchev–Trinajstić information content (AvgIpc) is 3.68. The summed E-state index contributed by atoms with van der Waals surface area (Å²) in [5.41, 5.74) is 7.68. The van der Waals surface area contributed by atoms with Gasteiger partial charge in [-0.2, -0.15) is 9.97 Å². The number of pyridine rings is 1. The molecule has 0 spiro atoms. The van der Waals surface area contributed by atoms with E-state index in [2.05, 4.69) is 60.0 Å². The minimum absolute atomic E-state index is 0.459. The molecule has 3 heterocycles. The molecule has 0 saturated heterocycles. The SMILES string of the molecule is C/C(=C/c1cc(C)cc(C)n1)N(c1nc(Nc2ccccc2)nn1Cc1ccccc1)c1nc(Nc2ccccc2)nn1Cc1ccccc1. The van der Waals surface area contributed by atoms with Crippen LogP contribution in [0.15, 0.2) is 139 Å². The monoisotopic (exact) mass is 658 g/mol. The summed E-state index contributed by atoms with van der Waals surface area (Å²) in [6, 6.07) is 44.5. The molecule has 3 aromatic heterocycles. The highest BCUT2D eigenvalue weighted by atomic mass is 15.5. The zero-order chi connectivity index (χ0) is 34.3. The fraction of sp³-hybridized carbons (Fsp3) is 0.125. The number of hydrogen-bond donors (Lipinski definition) is 2. The van der Waals surface area contributed by atoms with Crippen molar-refractivity contribution in [1.29, 1.82) is 0 Å². The van der Waals surface area contributed by atoms with Crippen LogP contribution in [0.3, 0.4) is 0 Å². The fourth-order valence-electron chi connectivity index (χ4n) is 5.76. The van der Waals surface area contributed by atoms with Crippen LogP contribution in [0.4, 0.5) is 35.2 Å². The van der Waals surface area contributed by atoms with Crippen LogP contribution in [0.5, 0.6) is 0 Å². The minimum Gasteiger partial charge on any atom is -0.323 e. The molecular weight excluding hydrogens is 621 g/mol. The standard InChI is InChI=1S/C40H38N10/c1-29-24-30(2)41-36(25-29)26-31(3)50(39-44-37(42-34-20-12-6-13-21-34)46-48(39)27-32-16-8-4-9-17-32)40-45-38(43-35-22-14-7-15-23-35)47-49(40)28-33-18-10-5-11-19-33/h4-26H,27-28H2,1-3H3,(H,42,46)(H,43,47)/b31-26-. The molecule has 0 fully saturated rings. The average molecular weight is 659 g/mol. The topological polar surface area (TPSA) is 102 Å². The molecule has 0 radical (unpaired) electrons. The molecule has 4 aromatic carbocycles. The molecule has 0 bridgehead atoms. The second-order valence-corrected chi connectivity index (χ2v) is 12.1. The summed E-state index contributed by atoms with van der Waals surface area (Å²) in [5, 5.41) is 16.8. The third-order valence-corrected chi connectivity index (χ3v) is 7.94. The van der Waals surface area contributed by atoms with E-state index in [4.69, 9.17) is 25.1 Å². The van der Waals surface area contributed by atoms with Crippen molar-refractivity contribution in [3.05, 3.63) is 167 Å². The number of anilines is 6. The van der Waals surface area contributed by atoms with Gasteiger partial charge < -0.3 is 10.6 Å². The summed E-state index contributed by atoms with van der Waals surface area (Å²) in [7, 11) is 0. The number of para-hydroxylation sites is 2. The maximum atomic E-state index is 5.12. The number of aromatic nitrogens is 7. The van der Waals surface area contributed by atoms with Crippen LogP contribution < -0.4 is 15.5 Å². The Kier molecular flexibility index (Phi) is 9.41. The van der Waals surface area contributed by atoms with Gasteiger partial charge in [0.1, 0.15) is 0 Å². The lowest BCUT2D eigenvalue weighted by atomic mass is 10.2. The second-order valence-electron chi connectivity index (χ2n) is 12.1. The molecule has 50 heavy (non-hydrogen) atoms. The molecule has 248 valence electrons. The lowest BCUT2D eigenvalue weighted by Gasteiger charge is -2.24. The summed E-state index contributed by atoms with van der Waals surface area (Å²) in [6.45, 7) is 7.08. The Morgan fingerprint density at radius 1 is 0.600 bits per heavy atom. The number of benzene rings is 4. The Labute approximate surface area is 291 Å². The smallest absolute Gasteiger partial charge is 0.248 e. The molecule has 0 atom stereocenters. The number of hydrogen-bond acceptors (Lipinski definition) is 8. The quantitative estimate of drug-likeness (QED) is 0.135. The van der Waals surface area contributed by atoms with Crippen molar-refractivity contribution in [3.8, 4) is 0 Å². The predicted molar refractivity (Wildman–Crippen MR) is 200 cm³/mol. The van der Waals surface area contributed by atoms with E-state index in [0.717, 1.165) is 45.2 Å². The third kappa shape index (κ3) is 7.77. The van der Waals surface area contributed by atoms with Gasteiger partial charge in [0.15, 0.2) is 0 Å². The Bertz CT molecular complexity index is 2050. The molecule has 10 heteroatoms. The highest BCUT2D eigenvalue weighted by molar-refractivity contribution is 5.67. The van der Waals surface area contributed by atoms with Crippen molar-refractivity contribution in [2.75, 3.05) is 15.5 Å². The van der Waals surface area contributed by atoms with Gasteiger partial charge in [-0.25, -0.2) is 9.36 Å². The molecule has 0 unspecified atom stereocenters. The minimum atomic E-state index is 0.459. The van der Waals surface area contributed by atoms with Crippen molar-refractivity contribution in [2.24, 2.45) is 0 Å². The van der Waals surface area contributed by atoms with E-state index in [1.807, 2.05) is 125 Å². The van der Waals surface area contributed by atoms with Crippen molar-refractivity contribution in [3.63, 3.8) is 0 Å². The largest absolute Gasteiger partial charge is 0.323 e. The van der Waals surface area contributed by atoms with E-state index in [-0.39, 0.29) is 0 Å². The van der Waals surface area contributed by atoms with Gasteiger partial charge in [-0.1, -0.05) is 97.1 Å². The molecule has 10 nitrogen and oxygen atoms in total. The van der Waals surface area contributed by atoms with E-state index in [0.29, 0.717) is 36.9 Å². The van der Waals surface area contributed by atoms with Crippen molar-refractivity contribution < 1.29 is 0 Å². The van der Waals surface area contributed by atoms with Gasteiger partial charge in [-0.05, 0) is 79.9 Å². The van der Waals surface area contributed by atoms with Crippen molar-refractivity contribution in [2.45, 2.75) is 33.9 Å². The zero-order valence-corrected chi connectivity index (χ0v) is 28.3. The molecule has 0 aliphatic carbocycles. The van der Waals surface area contributed by atoms with Crippen LogP contribution in [-0.4, -0.2) is 34.5 Å². The van der Waals surface area contributed by atoms with Crippen LogP contribution >= 0.6 is 0 Å². The van der Waals surface area contributed by atoms with E-state index >= 15 is 0 Å². The van der Waals surface area contributed by atoms with Gasteiger partial charge in [0.25, 0.3) is 0 Å². The van der Waals surface area contributed by atoms with Gasteiger partial charge >= 0.3 is 0 Å². The number of aryl methyl sites for hydroxylation is 2. The second kappa shape index (κ2) is 14.7. The van der Waals surface area contributed by atoms with Gasteiger partial charge in [0.2, 0.25) is 23.8 Å². The Morgan fingerprint density at radius 3 is 1.48 bits per heavy atom. The molecule has 2 N–H and O–H groups in total. The van der Waals surface area contributed by atoms with Crippen molar-refractivity contribution in [1.82, 2.24) is 34.5 Å². The normalized spacial score (nSPS) is 11.4. The third-order valence-electron chi connectivity index (χ3n) is 7.94. The van der Waals surface area contributed by atoms with E-state index in [1.165, 1.54) is 0 Å². The molecule has 7 rings (SSSR count). The van der Waals surface area contributed by atoms with Crippen LogP contribution in [-0.2, 0) is 13.1 Å². The van der Waals surface area contributed by atoms with Crippen LogP contribution in [0.25, 0.3) is 6.08 Å². The van der Waals surface area contributed by atoms with Gasteiger partial charge in [0, 0.05) is 22.8 Å². The molecular formula is C40H38N10. The Hall–Kier alpha value is -6.55. The maximum Gasteiger partial charge on any atom is 0.248 e. The lowest BCUT2D eigenvalue weighted by Crippen LogP contribution is -2.24. The first-order valence-electron chi connectivity index (χ1n) is 16.5. The fourth-order valence-corrected chi connectivity index (χ4v) is 5.76. The summed E-state index contributed by atoms with van der Waals surface area (Å²) in [4.78, 5) is 17.1. The Balaban J connectivity index is 1.41. The number of nitrogens with one attached hydrogen (secondary N) is 2. The number of rotatable bonds is 12. The maximum absolute atomic E-state index is 5.12. The van der Waals surface area contributed by atoms with Crippen LogP contribution in [0, 0.1) is 13.8 Å². The zero-order valence-electron chi connectivity index (χ0n) is 28.3. The predicted octanol–water partition coefficient (Wildman–Crippen LogP) is 8.66. The lowest BCUT2D eigenvalue weighted by molar-refractivity contribution is 0.657. The molecule has 0 aliphatic rings. The van der Waals surface area contributed by atoms with Crippen molar-refractivity contribution >= 4 is 41.2 Å². The van der Waals surface area contributed by atoms with E-state index < -0.39 is 0 Å². The van der Waals surface area contributed by atoms with Crippen LogP contribution in [0.1, 0.15) is 35.0 Å². The summed E-state index contributed by atoms with van der Waals surface area (Å²) < 4.78 is 3.80. The van der Waals surface area contributed by atoms with E-state index in [1.54, 1.807) is 0 Å². The van der Waals surface area contributed by atoms with Gasteiger partial charge in [0.05, 0.1) is 18.8 Å². The summed E-state index contributed by atoms with van der Waals surface area (Å²) in [5.74, 6) is 2.05. The molecule has 0 amide bonds. The van der Waals surface area contributed by atoms with Gasteiger partial charge in [-0.15, -0.1) is 10.2 Å². The van der Waals surface area contributed by atoms with E-state index in [9.17, 15) is 0 Å². The Morgan fingerprint density at radius 2 is 1.04 bits per heavy atom. The first-order chi connectivity index (χ1) is 24.5. The molecule has 0 saturated carbocycles. The van der Waals surface area contributed by atoms with Gasteiger partial charge in [-0.3, -0.25) is 9.88 Å². The first kappa shape index (κ1) is 32.0. The highest BCUT2D eigenvalue weighted by Crippen LogP contribution is 2.32. The molecule has 0 aliphatic heterocycles. The van der Waals surface area contributed by atoms with Crippen LogP contribution in [0.2, 0.25) is 0 Å². The number of allylic oxidation sites excluding steroid dienone is 1. The number of nitrogens with zero attached hydrogens (tertiary/aromatic N) is 8. The highest BCUT2D eigenvalue weighted by Gasteiger charge is 2.27. The first-order valence-corrected chi connectivity index (χ1v) is 16.5. The summed E-state index contributed by atoms with van der Waals surface area (Å²) >= 11 is 0.